The van der Waals surface area contributed by atoms with Crippen LogP contribution in [0.15, 0.2) is 32.9 Å². The summed E-state index contributed by atoms with van der Waals surface area (Å²) in [4.78, 5) is 11.6. The first-order valence-electron chi connectivity index (χ1n) is 4.42. The topological polar surface area (TPSA) is 42.9 Å². The van der Waals surface area contributed by atoms with Gasteiger partial charge in [0, 0.05) is 5.56 Å². The third-order valence-electron chi connectivity index (χ3n) is 1.88. The first kappa shape index (κ1) is 11.2. The van der Waals surface area contributed by atoms with Crippen molar-refractivity contribution in [3.8, 4) is 0 Å². The molecule has 0 radical (unpaired) electrons. The van der Waals surface area contributed by atoms with Gasteiger partial charge in [-0.2, -0.15) is 0 Å². The van der Waals surface area contributed by atoms with E-state index in [1.807, 2.05) is 0 Å². The summed E-state index contributed by atoms with van der Waals surface area (Å²) in [6.45, 7) is 1.42. The van der Waals surface area contributed by atoms with Crippen LogP contribution in [-0.4, -0.2) is 16.0 Å². The lowest BCUT2D eigenvalue weighted by molar-refractivity contribution is 0.101. The molecule has 0 saturated carbocycles. The molecule has 0 bridgehead atoms. The van der Waals surface area contributed by atoms with Crippen molar-refractivity contribution in [2.75, 3.05) is 0 Å². The second kappa shape index (κ2) is 4.71. The first-order chi connectivity index (χ1) is 7.68. The van der Waals surface area contributed by atoms with Gasteiger partial charge in [-0.05, 0) is 13.0 Å². The van der Waals surface area contributed by atoms with Crippen LogP contribution in [0.4, 0.5) is 4.39 Å². The van der Waals surface area contributed by atoms with E-state index in [9.17, 15) is 9.18 Å². The number of aromatic nitrogens is 2. The van der Waals surface area contributed by atoms with Gasteiger partial charge in [-0.15, -0.1) is 10.2 Å². The molecule has 2 aromatic rings. The Balaban J connectivity index is 2.42. The predicted molar refractivity (Wildman–Crippen MR) is 60.4 cm³/mol. The van der Waals surface area contributed by atoms with Gasteiger partial charge in [0.15, 0.2) is 10.1 Å². The van der Waals surface area contributed by atoms with Gasteiger partial charge in [0.2, 0.25) is 0 Å². The van der Waals surface area contributed by atoms with Crippen LogP contribution in [0.25, 0.3) is 0 Å². The number of nitrogens with zero attached hydrogens (tertiary/aromatic N) is 2. The number of carbonyl (C=O) groups is 1. The Labute approximate surface area is 99.7 Å². The van der Waals surface area contributed by atoms with Crippen LogP contribution >= 0.6 is 23.1 Å². The van der Waals surface area contributed by atoms with Gasteiger partial charge in [-0.3, -0.25) is 4.79 Å². The summed E-state index contributed by atoms with van der Waals surface area (Å²) in [6, 6.07) is 4.46. The fourth-order valence-electron chi connectivity index (χ4n) is 1.18. The minimum absolute atomic E-state index is 0.161. The van der Waals surface area contributed by atoms with E-state index in [1.165, 1.54) is 30.4 Å². The summed E-state index contributed by atoms with van der Waals surface area (Å²) in [7, 11) is 0. The van der Waals surface area contributed by atoms with Crippen LogP contribution in [0, 0.1) is 5.82 Å². The van der Waals surface area contributed by atoms with Crippen molar-refractivity contribution in [3.05, 3.63) is 35.1 Å². The van der Waals surface area contributed by atoms with Gasteiger partial charge in [-0.1, -0.05) is 35.2 Å². The Kier molecular flexibility index (Phi) is 3.31. The van der Waals surface area contributed by atoms with E-state index < -0.39 is 5.82 Å². The summed E-state index contributed by atoms with van der Waals surface area (Å²) in [5.74, 6) is -0.570. The van der Waals surface area contributed by atoms with Crippen molar-refractivity contribution >= 4 is 28.9 Å². The monoisotopic (exact) mass is 254 g/mol. The lowest BCUT2D eigenvalue weighted by Gasteiger charge is -2.04. The van der Waals surface area contributed by atoms with Crippen molar-refractivity contribution in [1.29, 1.82) is 0 Å². The van der Waals surface area contributed by atoms with Gasteiger partial charge in [0.05, 0.1) is 4.90 Å². The van der Waals surface area contributed by atoms with Gasteiger partial charge in [0.25, 0.3) is 0 Å². The van der Waals surface area contributed by atoms with Crippen molar-refractivity contribution in [3.63, 3.8) is 0 Å². The zero-order valence-electron chi connectivity index (χ0n) is 8.31. The minimum Gasteiger partial charge on any atom is -0.294 e. The molecule has 0 fully saturated rings. The number of hydrogen-bond donors (Lipinski definition) is 0. The van der Waals surface area contributed by atoms with Crippen molar-refractivity contribution in [2.24, 2.45) is 0 Å². The second-order valence-corrected chi connectivity index (χ2v) is 5.07. The van der Waals surface area contributed by atoms with E-state index in [0.717, 1.165) is 11.8 Å². The lowest BCUT2D eigenvalue weighted by Crippen LogP contribution is -1.97. The molecule has 0 atom stereocenters. The minimum atomic E-state index is -0.409. The molecule has 2 rings (SSSR count). The van der Waals surface area contributed by atoms with E-state index in [1.54, 1.807) is 11.6 Å². The van der Waals surface area contributed by atoms with Crippen LogP contribution in [-0.2, 0) is 0 Å². The average Bonchev–Trinajstić information content (AvgIpc) is 2.73. The zero-order chi connectivity index (χ0) is 11.5. The van der Waals surface area contributed by atoms with E-state index in [-0.39, 0.29) is 5.78 Å². The number of rotatable bonds is 3. The summed E-state index contributed by atoms with van der Waals surface area (Å²) >= 11 is 2.43. The maximum atomic E-state index is 13.6. The molecule has 1 heterocycles. The Morgan fingerprint density at radius 2 is 2.31 bits per heavy atom. The third kappa shape index (κ3) is 2.28. The number of carbonyl (C=O) groups excluding carboxylic acids is 1. The molecule has 16 heavy (non-hydrogen) atoms. The van der Waals surface area contributed by atoms with E-state index >= 15 is 0 Å². The Morgan fingerprint density at radius 1 is 1.50 bits per heavy atom. The van der Waals surface area contributed by atoms with Crippen molar-refractivity contribution in [2.45, 2.75) is 16.2 Å². The molecular weight excluding hydrogens is 247 g/mol. The molecule has 0 aliphatic rings. The highest BCUT2D eigenvalue weighted by Gasteiger charge is 2.14. The molecule has 6 heteroatoms. The first-order valence-corrected chi connectivity index (χ1v) is 6.11. The highest BCUT2D eigenvalue weighted by Crippen LogP contribution is 2.33. The van der Waals surface area contributed by atoms with E-state index in [0.29, 0.717) is 14.8 Å². The van der Waals surface area contributed by atoms with Crippen molar-refractivity contribution < 1.29 is 9.18 Å². The Hall–Kier alpha value is -1.27. The van der Waals surface area contributed by atoms with Gasteiger partial charge >= 0.3 is 0 Å². The predicted octanol–water partition coefficient (Wildman–Crippen LogP) is 3.03. The number of ketones is 1. The highest BCUT2D eigenvalue weighted by molar-refractivity contribution is 8.01. The lowest BCUT2D eigenvalue weighted by atomic mass is 10.1. The molecule has 1 aromatic carbocycles. The Bertz CT molecular complexity index is 514. The smallest absolute Gasteiger partial charge is 0.178 e. The van der Waals surface area contributed by atoms with Crippen LogP contribution in [0.3, 0.4) is 0 Å². The average molecular weight is 254 g/mol. The fourth-order valence-corrected chi connectivity index (χ4v) is 2.78. The van der Waals surface area contributed by atoms with Crippen LogP contribution in [0.2, 0.25) is 0 Å². The number of benzene rings is 1. The summed E-state index contributed by atoms with van der Waals surface area (Å²) in [6.07, 6.45) is 0. The molecule has 3 nitrogen and oxygen atoms in total. The molecule has 1 aromatic heterocycles. The molecular formula is C10H7FN2OS2. The molecule has 0 saturated heterocycles. The van der Waals surface area contributed by atoms with Crippen LogP contribution in [0.5, 0.6) is 0 Å². The van der Waals surface area contributed by atoms with Crippen LogP contribution in [0.1, 0.15) is 17.3 Å². The molecule has 0 spiro atoms. The normalized spacial score (nSPS) is 10.4. The molecule has 0 amide bonds. The summed E-state index contributed by atoms with van der Waals surface area (Å²) in [5.41, 5.74) is 1.94. The number of halogens is 1. The second-order valence-electron chi connectivity index (χ2n) is 2.98. The van der Waals surface area contributed by atoms with E-state index in [4.69, 9.17) is 0 Å². The summed E-state index contributed by atoms with van der Waals surface area (Å²) in [5, 5.41) is 7.47. The molecule has 0 unspecified atom stereocenters. The highest BCUT2D eigenvalue weighted by atomic mass is 32.2. The maximum Gasteiger partial charge on any atom is 0.178 e. The Morgan fingerprint density at radius 3 is 2.94 bits per heavy atom. The van der Waals surface area contributed by atoms with Crippen molar-refractivity contribution in [1.82, 2.24) is 10.2 Å². The zero-order valence-corrected chi connectivity index (χ0v) is 9.94. The van der Waals surface area contributed by atoms with Gasteiger partial charge < -0.3 is 0 Å². The number of Topliss-reactive ketones (excluding diaryl/α,β-unsaturated/α-hetero) is 1. The number of hydrogen-bond acceptors (Lipinski definition) is 5. The van der Waals surface area contributed by atoms with E-state index in [2.05, 4.69) is 10.2 Å². The largest absolute Gasteiger partial charge is 0.294 e. The SMILES string of the molecule is CC(=O)c1cccc(F)c1Sc1nncs1. The van der Waals surface area contributed by atoms with Gasteiger partial charge in [-0.25, -0.2) is 4.39 Å². The molecule has 0 aliphatic carbocycles. The third-order valence-corrected chi connectivity index (χ3v) is 3.77. The molecule has 0 aliphatic heterocycles. The van der Waals surface area contributed by atoms with Gasteiger partial charge in [0.1, 0.15) is 11.3 Å². The maximum absolute atomic E-state index is 13.6. The molecule has 0 N–H and O–H groups in total. The molecule has 82 valence electrons. The fraction of sp³-hybridized carbons (Fsp3) is 0.100. The summed E-state index contributed by atoms with van der Waals surface area (Å²) < 4.78 is 14.2. The standard InChI is InChI=1S/C10H7FN2OS2/c1-6(14)7-3-2-4-8(11)9(7)16-10-13-12-5-15-10/h2-5H,1H3. The quantitative estimate of drug-likeness (QED) is 0.790. The van der Waals surface area contributed by atoms with Crippen LogP contribution < -0.4 is 0 Å².